The van der Waals surface area contributed by atoms with Crippen LogP contribution in [-0.4, -0.2) is 40.6 Å². The van der Waals surface area contributed by atoms with Gasteiger partial charge in [0.25, 0.3) is 0 Å². The molecule has 4 rings (SSSR count). The molecule has 0 unspecified atom stereocenters. The van der Waals surface area contributed by atoms with E-state index in [1.54, 1.807) is 0 Å². The first-order chi connectivity index (χ1) is 13.8. The van der Waals surface area contributed by atoms with Gasteiger partial charge in [-0.05, 0) is 31.4 Å². The summed E-state index contributed by atoms with van der Waals surface area (Å²) in [6.07, 6.45) is 6.15. The number of hydrogen-bond acceptors (Lipinski definition) is 5. The van der Waals surface area contributed by atoms with Gasteiger partial charge in [0, 0.05) is 25.4 Å². The molecule has 150 valence electrons. The topological polar surface area (TPSA) is 71.3 Å². The van der Waals surface area contributed by atoms with Crippen LogP contribution in [0.2, 0.25) is 0 Å². The molecule has 0 radical (unpaired) electrons. The van der Waals surface area contributed by atoms with Gasteiger partial charge in [-0.3, -0.25) is 4.79 Å². The summed E-state index contributed by atoms with van der Waals surface area (Å²) in [5.74, 6) is 2.13. The predicted octanol–water partition coefficient (Wildman–Crippen LogP) is 3.78. The number of carbonyl (C=O) groups is 1. The summed E-state index contributed by atoms with van der Waals surface area (Å²) in [6, 6.07) is 10.6. The number of likely N-dealkylation sites (tertiary alicyclic amines) is 1. The minimum Gasteiger partial charge on any atom is -0.423 e. The van der Waals surface area contributed by atoms with E-state index >= 15 is 0 Å². The van der Waals surface area contributed by atoms with E-state index < -0.39 is 0 Å². The highest BCUT2D eigenvalue weighted by Crippen LogP contribution is 2.37. The highest BCUT2D eigenvalue weighted by molar-refractivity contribution is 5.77. The van der Waals surface area contributed by atoms with E-state index in [9.17, 15) is 4.79 Å². The zero-order valence-electron chi connectivity index (χ0n) is 16.6. The minimum absolute atomic E-state index is 0.0595. The summed E-state index contributed by atoms with van der Waals surface area (Å²) >= 11 is 0. The van der Waals surface area contributed by atoms with E-state index in [0.717, 1.165) is 38.6 Å². The molecule has 2 aromatic rings. The van der Waals surface area contributed by atoms with E-state index in [0.29, 0.717) is 37.2 Å². The molecule has 6 heteroatoms. The van der Waals surface area contributed by atoms with Crippen molar-refractivity contribution in [2.45, 2.75) is 63.3 Å². The normalized spacial score (nSPS) is 22.8. The Morgan fingerprint density at radius 2 is 1.96 bits per heavy atom. The van der Waals surface area contributed by atoms with E-state index in [-0.39, 0.29) is 17.9 Å². The Labute approximate surface area is 166 Å². The number of piperidine rings is 1. The number of unbranched alkanes of at least 4 members (excludes halogenated alkanes) is 2. The van der Waals surface area contributed by atoms with Gasteiger partial charge in [-0.1, -0.05) is 50.1 Å². The van der Waals surface area contributed by atoms with Gasteiger partial charge in [0.1, 0.15) is 0 Å². The SMILES string of the molecule is CCCCCC(=O)N1CC(c2nnc([C@@H]3NCCC[C@@H]3c3ccccc3)o2)C1. The van der Waals surface area contributed by atoms with Gasteiger partial charge in [-0.25, -0.2) is 0 Å². The lowest BCUT2D eigenvalue weighted by molar-refractivity contribution is -0.136. The molecule has 2 atom stereocenters. The Kier molecular flexibility index (Phi) is 6.05. The maximum Gasteiger partial charge on any atom is 0.234 e. The third kappa shape index (κ3) is 4.12. The molecule has 0 bridgehead atoms. The zero-order chi connectivity index (χ0) is 19.3. The second-order valence-corrected chi connectivity index (χ2v) is 8.02. The Hall–Kier alpha value is -2.21. The lowest BCUT2D eigenvalue weighted by Gasteiger charge is -2.37. The molecule has 1 amide bonds. The Balaban J connectivity index is 1.37. The molecular formula is C22H30N4O2. The lowest BCUT2D eigenvalue weighted by atomic mass is 9.85. The van der Waals surface area contributed by atoms with E-state index in [4.69, 9.17) is 4.42 Å². The summed E-state index contributed by atoms with van der Waals surface area (Å²) < 4.78 is 6.08. The summed E-state index contributed by atoms with van der Waals surface area (Å²) in [6.45, 7) is 4.52. The number of aromatic nitrogens is 2. The third-order valence-electron chi connectivity index (χ3n) is 5.99. The third-order valence-corrected chi connectivity index (χ3v) is 5.99. The highest BCUT2D eigenvalue weighted by atomic mass is 16.4. The van der Waals surface area contributed by atoms with E-state index in [1.807, 2.05) is 11.0 Å². The number of nitrogens with one attached hydrogen (secondary N) is 1. The van der Waals surface area contributed by atoms with Crippen LogP contribution in [0.4, 0.5) is 0 Å². The van der Waals surface area contributed by atoms with Crippen molar-refractivity contribution >= 4 is 5.91 Å². The second kappa shape index (κ2) is 8.86. The molecule has 1 aromatic carbocycles. The van der Waals surface area contributed by atoms with Crippen molar-refractivity contribution in [1.29, 1.82) is 0 Å². The van der Waals surface area contributed by atoms with Gasteiger partial charge < -0.3 is 14.6 Å². The van der Waals surface area contributed by atoms with Crippen molar-refractivity contribution in [3.05, 3.63) is 47.7 Å². The molecule has 2 aliphatic rings. The fourth-order valence-electron chi connectivity index (χ4n) is 4.27. The van der Waals surface area contributed by atoms with Crippen LogP contribution in [0, 0.1) is 0 Å². The van der Waals surface area contributed by atoms with Crippen molar-refractivity contribution in [2.75, 3.05) is 19.6 Å². The maximum atomic E-state index is 12.2. The molecule has 2 fully saturated rings. The molecule has 0 spiro atoms. The van der Waals surface area contributed by atoms with Crippen LogP contribution in [0.15, 0.2) is 34.7 Å². The lowest BCUT2D eigenvalue weighted by Crippen LogP contribution is -2.48. The number of rotatable bonds is 7. The molecule has 28 heavy (non-hydrogen) atoms. The molecule has 2 saturated heterocycles. The summed E-state index contributed by atoms with van der Waals surface area (Å²) in [4.78, 5) is 14.1. The molecule has 1 N–H and O–H groups in total. The van der Waals surface area contributed by atoms with Gasteiger partial charge in [-0.15, -0.1) is 10.2 Å². The highest BCUT2D eigenvalue weighted by Gasteiger charge is 2.37. The van der Waals surface area contributed by atoms with Crippen LogP contribution in [0.3, 0.4) is 0 Å². The number of hydrogen-bond donors (Lipinski definition) is 1. The van der Waals surface area contributed by atoms with Gasteiger partial charge in [-0.2, -0.15) is 0 Å². The van der Waals surface area contributed by atoms with Crippen LogP contribution in [-0.2, 0) is 4.79 Å². The van der Waals surface area contributed by atoms with E-state index in [1.165, 1.54) is 5.56 Å². The second-order valence-electron chi connectivity index (χ2n) is 8.02. The number of benzene rings is 1. The fraction of sp³-hybridized carbons (Fsp3) is 0.591. The molecule has 3 heterocycles. The maximum absolute atomic E-state index is 12.2. The fourth-order valence-corrected chi connectivity index (χ4v) is 4.27. The smallest absolute Gasteiger partial charge is 0.234 e. The average Bonchev–Trinajstić information content (AvgIpc) is 3.17. The summed E-state index contributed by atoms with van der Waals surface area (Å²) in [7, 11) is 0. The van der Waals surface area contributed by atoms with Crippen LogP contribution < -0.4 is 5.32 Å². The number of amides is 1. The first-order valence-corrected chi connectivity index (χ1v) is 10.7. The van der Waals surface area contributed by atoms with Gasteiger partial charge >= 0.3 is 0 Å². The first kappa shape index (κ1) is 19.1. The van der Waals surface area contributed by atoms with Crippen LogP contribution >= 0.6 is 0 Å². The Bertz CT molecular complexity index is 770. The minimum atomic E-state index is 0.0595. The largest absolute Gasteiger partial charge is 0.423 e. The quantitative estimate of drug-likeness (QED) is 0.738. The van der Waals surface area contributed by atoms with Crippen LogP contribution in [0.25, 0.3) is 0 Å². The Morgan fingerprint density at radius 1 is 1.18 bits per heavy atom. The number of nitrogens with zero attached hydrogens (tertiary/aromatic N) is 3. The van der Waals surface area contributed by atoms with Crippen molar-refractivity contribution in [3.8, 4) is 0 Å². The van der Waals surface area contributed by atoms with Crippen LogP contribution in [0.5, 0.6) is 0 Å². The molecular weight excluding hydrogens is 352 g/mol. The van der Waals surface area contributed by atoms with Crippen molar-refractivity contribution < 1.29 is 9.21 Å². The zero-order valence-corrected chi connectivity index (χ0v) is 16.6. The van der Waals surface area contributed by atoms with E-state index in [2.05, 4.69) is 46.7 Å². The molecule has 0 aliphatic carbocycles. The van der Waals surface area contributed by atoms with Gasteiger partial charge in [0.15, 0.2) is 0 Å². The number of carbonyl (C=O) groups excluding carboxylic acids is 1. The molecule has 6 nitrogen and oxygen atoms in total. The van der Waals surface area contributed by atoms with Crippen molar-refractivity contribution in [1.82, 2.24) is 20.4 Å². The van der Waals surface area contributed by atoms with Crippen LogP contribution in [0.1, 0.15) is 80.7 Å². The average molecular weight is 383 g/mol. The van der Waals surface area contributed by atoms with Crippen molar-refractivity contribution in [2.24, 2.45) is 0 Å². The van der Waals surface area contributed by atoms with Gasteiger partial charge in [0.2, 0.25) is 17.7 Å². The summed E-state index contributed by atoms with van der Waals surface area (Å²) in [5, 5.41) is 12.2. The first-order valence-electron chi connectivity index (χ1n) is 10.7. The monoisotopic (exact) mass is 382 g/mol. The van der Waals surface area contributed by atoms with Crippen molar-refractivity contribution in [3.63, 3.8) is 0 Å². The Morgan fingerprint density at radius 3 is 2.75 bits per heavy atom. The molecule has 2 aliphatic heterocycles. The van der Waals surface area contributed by atoms with Gasteiger partial charge in [0.05, 0.1) is 12.0 Å². The molecule has 0 saturated carbocycles. The summed E-state index contributed by atoms with van der Waals surface area (Å²) in [5.41, 5.74) is 1.31. The molecule has 1 aromatic heterocycles. The predicted molar refractivity (Wildman–Crippen MR) is 107 cm³/mol. The standard InChI is InChI=1S/C22H30N4O2/c1-2-3-5-12-19(27)26-14-17(15-26)21-24-25-22(28-21)20-18(11-8-13-23-20)16-9-6-4-7-10-16/h4,6-7,9-10,17-18,20,23H,2-3,5,8,11-15H2,1H3/t18-,20-/m1/s1.